The zero-order chi connectivity index (χ0) is 30.5. The molecule has 0 atom stereocenters. The van der Waals surface area contributed by atoms with E-state index in [1.165, 1.54) is 35.7 Å². The van der Waals surface area contributed by atoms with Gasteiger partial charge in [-0.1, -0.05) is 26.8 Å². The summed E-state index contributed by atoms with van der Waals surface area (Å²) in [6, 6.07) is 5.86. The molecule has 3 heterocycles. The lowest BCUT2D eigenvalue weighted by atomic mass is 9.93. The van der Waals surface area contributed by atoms with Crippen molar-refractivity contribution in [2.75, 3.05) is 35.6 Å². The molecule has 0 aliphatic carbocycles. The minimum Gasteiger partial charge on any atom is -0.465 e. The van der Waals surface area contributed by atoms with Gasteiger partial charge in [0.1, 0.15) is 5.01 Å². The molecule has 4 N–H and O–H groups in total. The van der Waals surface area contributed by atoms with Gasteiger partial charge in [0, 0.05) is 42.9 Å². The van der Waals surface area contributed by atoms with Gasteiger partial charge in [-0.15, -0.1) is 11.3 Å². The van der Waals surface area contributed by atoms with E-state index < -0.39 is 27.3 Å². The Morgan fingerprint density at radius 3 is 2.62 bits per heavy atom. The summed E-state index contributed by atoms with van der Waals surface area (Å²) in [6.07, 6.45) is 1.67. The number of carbonyl (C=O) groups excluding carboxylic acids is 1. The average Bonchev–Trinajstić information content (AvgIpc) is 3.39. The second-order valence-corrected chi connectivity index (χ2v) is 13.3. The van der Waals surface area contributed by atoms with E-state index in [2.05, 4.69) is 25.3 Å². The van der Waals surface area contributed by atoms with Crippen LogP contribution in [0.25, 0.3) is 21.8 Å². The highest BCUT2D eigenvalue weighted by atomic mass is 32.2. The van der Waals surface area contributed by atoms with Crippen LogP contribution in [0, 0.1) is 11.7 Å². The topological polar surface area (TPSA) is 172 Å². The van der Waals surface area contributed by atoms with E-state index in [0.29, 0.717) is 42.4 Å². The Labute approximate surface area is 247 Å². The summed E-state index contributed by atoms with van der Waals surface area (Å²) in [5.41, 5.74) is -0.415. The molecule has 2 amide bonds. The van der Waals surface area contributed by atoms with Gasteiger partial charge < -0.3 is 15.2 Å². The van der Waals surface area contributed by atoms with Crippen molar-refractivity contribution >= 4 is 45.0 Å². The van der Waals surface area contributed by atoms with E-state index in [9.17, 15) is 18.0 Å². The maximum Gasteiger partial charge on any atom is 0.411 e. The number of thiazole rings is 1. The Bertz CT molecular complexity index is 1560. The maximum atomic E-state index is 15.9. The molecule has 1 fully saturated rings. The minimum atomic E-state index is -3.77. The lowest BCUT2D eigenvalue weighted by Crippen LogP contribution is -2.41. The van der Waals surface area contributed by atoms with Crippen LogP contribution in [0.3, 0.4) is 0 Å². The highest BCUT2D eigenvalue weighted by Crippen LogP contribution is 2.42. The molecular formula is C27H33FN6O6S2. The average molecular weight is 621 g/mol. The predicted molar refractivity (Wildman–Crippen MR) is 157 cm³/mol. The summed E-state index contributed by atoms with van der Waals surface area (Å²) in [5.74, 6) is -1.37. The van der Waals surface area contributed by atoms with Crippen molar-refractivity contribution in [2.45, 2.75) is 45.4 Å². The molecule has 1 aromatic carbocycles. The molecule has 1 aliphatic heterocycles. The van der Waals surface area contributed by atoms with Gasteiger partial charge in [-0.2, -0.15) is 0 Å². The highest BCUT2D eigenvalue weighted by Gasteiger charge is 2.31. The molecule has 42 heavy (non-hydrogen) atoms. The molecule has 1 aliphatic rings. The number of nitrogens with one attached hydrogen (secondary N) is 3. The van der Waals surface area contributed by atoms with E-state index >= 15 is 4.39 Å². The molecule has 0 saturated carbocycles. The zero-order valence-corrected chi connectivity index (χ0v) is 25.1. The first-order valence-corrected chi connectivity index (χ1v) is 15.9. The number of benzene rings is 1. The van der Waals surface area contributed by atoms with Crippen LogP contribution >= 0.6 is 11.3 Å². The fraction of sp³-hybridized carbons (Fsp3) is 0.444. The third-order valence-electron chi connectivity index (χ3n) is 6.60. The SMILES string of the molecule is CCCS(=O)(=O)Nc1cccc(-c2nc(C(C)(C)CNC(=O)C3CCOCC3)sc2-c2ccnc(NC(=O)O)n2)c1F. The number of sulfonamides is 1. The molecule has 15 heteroatoms. The Morgan fingerprint density at radius 1 is 1.19 bits per heavy atom. The van der Waals surface area contributed by atoms with Crippen LogP contribution in [0.5, 0.6) is 0 Å². The third-order valence-corrected chi connectivity index (χ3v) is 9.52. The maximum absolute atomic E-state index is 15.9. The van der Waals surface area contributed by atoms with Crippen molar-refractivity contribution in [2.24, 2.45) is 5.92 Å². The standard InChI is InChI=1S/C27H33FN6O6S2/c1-4-14-42(38,39)34-18-7-5-6-17(20(18)28)21-22(19-8-11-29-25(31-19)33-26(36)37)41-24(32-21)27(2,3)15-30-23(35)16-9-12-40-13-10-16/h5-8,11,16,34H,4,9-10,12-15H2,1-3H3,(H,30,35)(H,36,37)(H,29,31,33). The molecule has 0 unspecified atom stereocenters. The lowest BCUT2D eigenvalue weighted by molar-refractivity contribution is -0.128. The van der Waals surface area contributed by atoms with Crippen molar-refractivity contribution in [3.8, 4) is 21.8 Å². The van der Waals surface area contributed by atoms with Gasteiger partial charge in [-0.3, -0.25) is 14.8 Å². The van der Waals surface area contributed by atoms with E-state index in [4.69, 9.17) is 14.8 Å². The van der Waals surface area contributed by atoms with Crippen molar-refractivity contribution in [1.82, 2.24) is 20.3 Å². The van der Waals surface area contributed by atoms with Crippen molar-refractivity contribution in [3.05, 3.63) is 41.3 Å². The number of anilines is 2. The number of carboxylic acid groups (broad SMARTS) is 1. The molecule has 4 rings (SSSR count). The van der Waals surface area contributed by atoms with Gasteiger partial charge in [-0.05, 0) is 37.5 Å². The normalized spacial score (nSPS) is 14.4. The number of amides is 2. The second kappa shape index (κ2) is 13.1. The first-order chi connectivity index (χ1) is 19.9. The summed E-state index contributed by atoms with van der Waals surface area (Å²) < 4.78 is 48.3. The van der Waals surface area contributed by atoms with Crippen molar-refractivity contribution in [1.29, 1.82) is 0 Å². The Morgan fingerprint density at radius 2 is 1.93 bits per heavy atom. The summed E-state index contributed by atoms with van der Waals surface area (Å²) in [4.78, 5) is 37.4. The van der Waals surface area contributed by atoms with Gasteiger partial charge in [-0.25, -0.2) is 32.6 Å². The number of hydrogen-bond donors (Lipinski definition) is 4. The molecule has 0 bridgehead atoms. The van der Waals surface area contributed by atoms with Crippen molar-refractivity contribution < 1.29 is 32.2 Å². The van der Waals surface area contributed by atoms with Crippen LogP contribution in [0.1, 0.15) is 45.0 Å². The quantitative estimate of drug-likeness (QED) is 0.241. The Kier molecular flexibility index (Phi) is 9.74. The van der Waals surface area contributed by atoms with E-state index in [-0.39, 0.29) is 52.7 Å². The monoisotopic (exact) mass is 620 g/mol. The second-order valence-electron chi connectivity index (χ2n) is 10.5. The van der Waals surface area contributed by atoms with E-state index in [1.807, 2.05) is 13.8 Å². The van der Waals surface area contributed by atoms with E-state index in [0.717, 1.165) is 0 Å². The summed E-state index contributed by atoms with van der Waals surface area (Å²) in [6.45, 7) is 6.83. The number of hydrogen-bond acceptors (Lipinski definition) is 9. The number of carbonyl (C=O) groups is 2. The predicted octanol–water partition coefficient (Wildman–Crippen LogP) is 4.47. The van der Waals surface area contributed by atoms with Crippen LogP contribution < -0.4 is 15.4 Å². The summed E-state index contributed by atoms with van der Waals surface area (Å²) in [5, 5.41) is 14.8. The van der Waals surface area contributed by atoms with Gasteiger partial charge in [0.15, 0.2) is 5.82 Å². The number of ether oxygens (including phenoxy) is 1. The number of nitrogens with zero attached hydrogens (tertiary/aromatic N) is 3. The first kappa shape index (κ1) is 31.3. The van der Waals surface area contributed by atoms with Crippen LogP contribution in [0.15, 0.2) is 30.5 Å². The number of aromatic nitrogens is 3. The largest absolute Gasteiger partial charge is 0.465 e. The van der Waals surface area contributed by atoms with Gasteiger partial charge >= 0.3 is 6.09 Å². The lowest BCUT2D eigenvalue weighted by Gasteiger charge is -2.26. The molecule has 0 radical (unpaired) electrons. The molecule has 0 spiro atoms. The number of rotatable bonds is 11. The first-order valence-electron chi connectivity index (χ1n) is 13.4. The fourth-order valence-corrected chi connectivity index (χ4v) is 6.66. The third kappa shape index (κ3) is 7.57. The minimum absolute atomic E-state index is 0.0256. The zero-order valence-electron chi connectivity index (χ0n) is 23.4. The smallest absolute Gasteiger partial charge is 0.411 e. The Balaban J connectivity index is 1.75. The summed E-state index contributed by atoms with van der Waals surface area (Å²) in [7, 11) is -3.77. The molecule has 3 aromatic rings. The van der Waals surface area contributed by atoms with E-state index in [1.54, 1.807) is 13.0 Å². The summed E-state index contributed by atoms with van der Waals surface area (Å²) >= 11 is 1.21. The molecule has 226 valence electrons. The molecule has 2 aromatic heterocycles. The van der Waals surface area contributed by atoms with Crippen LogP contribution in [-0.2, 0) is 25.0 Å². The van der Waals surface area contributed by atoms with Gasteiger partial charge in [0.2, 0.25) is 21.9 Å². The molecular weight excluding hydrogens is 587 g/mol. The van der Waals surface area contributed by atoms with Crippen LogP contribution in [-0.4, -0.2) is 66.0 Å². The van der Waals surface area contributed by atoms with Gasteiger partial charge in [0.05, 0.1) is 27.7 Å². The van der Waals surface area contributed by atoms with Crippen LogP contribution in [0.2, 0.25) is 0 Å². The van der Waals surface area contributed by atoms with Gasteiger partial charge in [0.25, 0.3) is 0 Å². The Hall–Kier alpha value is -3.69. The molecule has 12 nitrogen and oxygen atoms in total. The van der Waals surface area contributed by atoms with Crippen LogP contribution in [0.4, 0.5) is 20.8 Å². The van der Waals surface area contributed by atoms with Crippen molar-refractivity contribution in [3.63, 3.8) is 0 Å². The molecule has 1 saturated heterocycles. The number of halogens is 1. The highest BCUT2D eigenvalue weighted by molar-refractivity contribution is 7.92. The fourth-order valence-electron chi connectivity index (χ4n) is 4.38.